The van der Waals surface area contributed by atoms with Gasteiger partial charge in [-0.15, -0.1) is 0 Å². The van der Waals surface area contributed by atoms with E-state index in [2.05, 4.69) is 29.2 Å². The van der Waals surface area contributed by atoms with Crippen molar-refractivity contribution in [3.63, 3.8) is 0 Å². The van der Waals surface area contributed by atoms with E-state index in [0.717, 1.165) is 43.5 Å². The molecule has 2 aliphatic heterocycles. The molecule has 2 heterocycles. The topological polar surface area (TPSA) is 56.6 Å². The predicted molar refractivity (Wildman–Crippen MR) is 99.8 cm³/mol. The number of amides is 1. The lowest BCUT2D eigenvalue weighted by Crippen LogP contribution is -2.42. The summed E-state index contributed by atoms with van der Waals surface area (Å²) in [5.74, 6) is 0.977. The van der Waals surface area contributed by atoms with Crippen LogP contribution < -0.4 is 4.74 Å². The third-order valence-corrected chi connectivity index (χ3v) is 5.35. The predicted octanol–water partition coefficient (Wildman–Crippen LogP) is 2.81. The Bertz CT molecular complexity index is 839. The molecule has 134 valence electrons. The van der Waals surface area contributed by atoms with E-state index in [1.807, 2.05) is 24.3 Å². The Morgan fingerprint density at radius 1 is 1.15 bits per heavy atom. The standard InChI is InChI=1S/C21H23N3O2/c22-13-17-7-4-11-24(17)21(25)15-23-12-10-18(14-23)26-20-9-3-6-16-5-1-2-8-19(16)20/h1-3,5-6,8-9,17-18H,4,7,10-12,14-15H2. The lowest BCUT2D eigenvalue weighted by molar-refractivity contribution is -0.132. The number of hydrogen-bond acceptors (Lipinski definition) is 4. The Kier molecular flexibility index (Phi) is 4.77. The largest absolute Gasteiger partial charge is 0.488 e. The summed E-state index contributed by atoms with van der Waals surface area (Å²) in [4.78, 5) is 16.4. The highest BCUT2D eigenvalue weighted by atomic mass is 16.5. The van der Waals surface area contributed by atoms with Gasteiger partial charge in [0.1, 0.15) is 17.9 Å². The summed E-state index contributed by atoms with van der Waals surface area (Å²) in [5.41, 5.74) is 0. The normalized spacial score (nSPS) is 23.3. The summed E-state index contributed by atoms with van der Waals surface area (Å²) in [7, 11) is 0. The molecule has 1 amide bonds. The van der Waals surface area contributed by atoms with Crippen LogP contribution in [0.3, 0.4) is 0 Å². The molecular formula is C21H23N3O2. The fourth-order valence-electron chi connectivity index (χ4n) is 4.00. The van der Waals surface area contributed by atoms with Crippen molar-refractivity contribution in [2.24, 2.45) is 0 Å². The highest BCUT2D eigenvalue weighted by Gasteiger charge is 2.32. The van der Waals surface area contributed by atoms with Crippen LogP contribution in [0.5, 0.6) is 5.75 Å². The van der Waals surface area contributed by atoms with Gasteiger partial charge in [-0.2, -0.15) is 5.26 Å². The average molecular weight is 349 g/mol. The molecule has 0 spiro atoms. The minimum Gasteiger partial charge on any atom is -0.488 e. The molecule has 2 saturated heterocycles. The Labute approximate surface area is 153 Å². The number of nitriles is 1. The van der Waals surface area contributed by atoms with E-state index in [0.29, 0.717) is 13.1 Å². The molecular weight excluding hydrogens is 326 g/mol. The number of likely N-dealkylation sites (tertiary alicyclic amines) is 2. The van der Waals surface area contributed by atoms with Gasteiger partial charge < -0.3 is 9.64 Å². The molecule has 2 aromatic rings. The lowest BCUT2D eigenvalue weighted by atomic mass is 10.1. The molecule has 2 aromatic carbocycles. The van der Waals surface area contributed by atoms with E-state index >= 15 is 0 Å². The van der Waals surface area contributed by atoms with Crippen LogP contribution in [0.1, 0.15) is 19.3 Å². The van der Waals surface area contributed by atoms with Crippen LogP contribution in [0, 0.1) is 11.3 Å². The van der Waals surface area contributed by atoms with Crippen molar-refractivity contribution in [1.29, 1.82) is 5.26 Å². The van der Waals surface area contributed by atoms with Gasteiger partial charge in [-0.05, 0) is 30.7 Å². The first-order chi connectivity index (χ1) is 12.7. The molecule has 2 atom stereocenters. The molecule has 2 unspecified atom stereocenters. The van der Waals surface area contributed by atoms with Crippen molar-refractivity contribution >= 4 is 16.7 Å². The second-order valence-electron chi connectivity index (χ2n) is 7.12. The van der Waals surface area contributed by atoms with Crippen LogP contribution >= 0.6 is 0 Å². The molecule has 0 aromatic heterocycles. The minimum atomic E-state index is -0.243. The van der Waals surface area contributed by atoms with E-state index < -0.39 is 0 Å². The SMILES string of the molecule is N#CC1CCCN1C(=O)CN1CCC(Oc2cccc3ccccc23)C1. The van der Waals surface area contributed by atoms with Gasteiger partial charge in [-0.3, -0.25) is 9.69 Å². The van der Waals surface area contributed by atoms with Gasteiger partial charge >= 0.3 is 0 Å². The zero-order valence-electron chi connectivity index (χ0n) is 14.8. The number of carbonyl (C=O) groups is 1. The Morgan fingerprint density at radius 2 is 2.00 bits per heavy atom. The number of fused-ring (bicyclic) bond motifs is 1. The summed E-state index contributed by atoms with van der Waals surface area (Å²) in [6.45, 7) is 2.70. The Balaban J connectivity index is 1.37. The van der Waals surface area contributed by atoms with Gasteiger partial charge in [-0.25, -0.2) is 0 Å². The van der Waals surface area contributed by atoms with Crippen molar-refractivity contribution in [2.75, 3.05) is 26.2 Å². The zero-order chi connectivity index (χ0) is 17.9. The summed E-state index contributed by atoms with van der Waals surface area (Å²) >= 11 is 0. The van der Waals surface area contributed by atoms with Gasteiger partial charge in [0.15, 0.2) is 0 Å². The minimum absolute atomic E-state index is 0.0693. The maximum Gasteiger partial charge on any atom is 0.237 e. The fourth-order valence-corrected chi connectivity index (χ4v) is 4.00. The van der Waals surface area contributed by atoms with E-state index in [4.69, 9.17) is 10.00 Å². The van der Waals surface area contributed by atoms with Crippen molar-refractivity contribution in [2.45, 2.75) is 31.4 Å². The smallest absolute Gasteiger partial charge is 0.237 e. The van der Waals surface area contributed by atoms with Gasteiger partial charge in [0.2, 0.25) is 5.91 Å². The second kappa shape index (κ2) is 7.35. The highest BCUT2D eigenvalue weighted by molar-refractivity contribution is 5.88. The average Bonchev–Trinajstić information content (AvgIpc) is 3.31. The number of rotatable bonds is 4. The zero-order valence-corrected chi connectivity index (χ0v) is 14.8. The molecule has 2 aliphatic rings. The van der Waals surface area contributed by atoms with Gasteiger partial charge in [-0.1, -0.05) is 36.4 Å². The first-order valence-corrected chi connectivity index (χ1v) is 9.30. The van der Waals surface area contributed by atoms with Crippen molar-refractivity contribution in [3.05, 3.63) is 42.5 Å². The number of ether oxygens (including phenoxy) is 1. The van der Waals surface area contributed by atoms with Gasteiger partial charge in [0.05, 0.1) is 12.6 Å². The van der Waals surface area contributed by atoms with Crippen LogP contribution in [0.25, 0.3) is 10.8 Å². The molecule has 5 nitrogen and oxygen atoms in total. The number of hydrogen-bond donors (Lipinski definition) is 0. The molecule has 0 aliphatic carbocycles. The number of nitrogens with zero attached hydrogens (tertiary/aromatic N) is 3. The van der Waals surface area contributed by atoms with E-state index in [1.165, 1.54) is 5.39 Å². The van der Waals surface area contributed by atoms with Crippen LogP contribution in [0.15, 0.2) is 42.5 Å². The van der Waals surface area contributed by atoms with Gasteiger partial charge in [0.25, 0.3) is 0 Å². The lowest BCUT2D eigenvalue weighted by Gasteiger charge is -2.23. The Hall–Kier alpha value is -2.58. The van der Waals surface area contributed by atoms with Crippen LogP contribution in [0.4, 0.5) is 0 Å². The van der Waals surface area contributed by atoms with Crippen LogP contribution in [-0.2, 0) is 4.79 Å². The van der Waals surface area contributed by atoms with Crippen molar-refractivity contribution in [3.8, 4) is 11.8 Å². The molecule has 0 N–H and O–H groups in total. The molecule has 5 heteroatoms. The molecule has 4 rings (SSSR count). The maximum atomic E-state index is 12.5. The molecule has 0 bridgehead atoms. The monoisotopic (exact) mass is 349 g/mol. The summed E-state index contributed by atoms with van der Waals surface area (Å²) in [5, 5.41) is 11.5. The van der Waals surface area contributed by atoms with E-state index in [9.17, 15) is 4.79 Å². The van der Waals surface area contributed by atoms with Crippen molar-refractivity contribution in [1.82, 2.24) is 9.80 Å². The highest BCUT2D eigenvalue weighted by Crippen LogP contribution is 2.28. The summed E-state index contributed by atoms with van der Waals surface area (Å²) in [6.07, 6.45) is 2.74. The maximum absolute atomic E-state index is 12.5. The fraction of sp³-hybridized carbons (Fsp3) is 0.429. The molecule has 26 heavy (non-hydrogen) atoms. The van der Waals surface area contributed by atoms with Gasteiger partial charge in [0, 0.05) is 25.0 Å². The van der Waals surface area contributed by atoms with Crippen LogP contribution in [-0.4, -0.2) is 54.0 Å². The second-order valence-corrected chi connectivity index (χ2v) is 7.12. The van der Waals surface area contributed by atoms with E-state index in [-0.39, 0.29) is 18.1 Å². The van der Waals surface area contributed by atoms with Crippen LogP contribution in [0.2, 0.25) is 0 Å². The first-order valence-electron chi connectivity index (χ1n) is 9.30. The van der Waals surface area contributed by atoms with Crippen molar-refractivity contribution < 1.29 is 9.53 Å². The third kappa shape index (κ3) is 3.38. The molecule has 2 fully saturated rings. The Morgan fingerprint density at radius 3 is 2.88 bits per heavy atom. The quantitative estimate of drug-likeness (QED) is 0.852. The summed E-state index contributed by atoms with van der Waals surface area (Å²) in [6, 6.07) is 16.3. The molecule has 0 radical (unpaired) electrons. The number of carbonyl (C=O) groups excluding carboxylic acids is 1. The molecule has 0 saturated carbocycles. The van der Waals surface area contributed by atoms with E-state index in [1.54, 1.807) is 4.90 Å². The first kappa shape index (κ1) is 16.9. The summed E-state index contributed by atoms with van der Waals surface area (Å²) < 4.78 is 6.25. The third-order valence-electron chi connectivity index (χ3n) is 5.35. The number of benzene rings is 2.